The van der Waals surface area contributed by atoms with Crippen LogP contribution in [-0.4, -0.2) is 0 Å². The predicted octanol–water partition coefficient (Wildman–Crippen LogP) is 4.00. The Morgan fingerprint density at radius 3 is 2.13 bits per heavy atom. The third kappa shape index (κ3) is 1.63. The van der Waals surface area contributed by atoms with Crippen LogP contribution in [0.25, 0.3) is 10.8 Å². The number of rotatable bonds is 0. The van der Waals surface area contributed by atoms with Crippen LogP contribution in [0.4, 0.5) is 13.2 Å². The van der Waals surface area contributed by atoms with E-state index in [-0.39, 0.29) is 10.8 Å². The lowest BCUT2D eigenvalue weighted by Gasteiger charge is -2.09. The van der Waals surface area contributed by atoms with Gasteiger partial charge in [0.25, 0.3) is 0 Å². The van der Waals surface area contributed by atoms with Crippen molar-refractivity contribution in [3.05, 3.63) is 42.0 Å². The second-order valence-corrected chi connectivity index (χ2v) is 3.15. The molecular weight excluding hydrogens is 205 g/mol. The minimum atomic E-state index is -4.42. The molecule has 0 N–H and O–H groups in total. The van der Waals surface area contributed by atoms with Gasteiger partial charge in [-0.3, -0.25) is 5.11 Å². The molecule has 0 heterocycles. The van der Waals surface area contributed by atoms with E-state index in [9.17, 15) is 18.3 Å². The fraction of sp³-hybridized carbons (Fsp3) is 0.0909. The highest BCUT2D eigenvalue weighted by Crippen LogP contribution is 2.37. The highest BCUT2D eigenvalue weighted by molar-refractivity contribution is 5.90. The molecule has 2 aromatic carbocycles. The van der Waals surface area contributed by atoms with Gasteiger partial charge >= 0.3 is 6.18 Å². The lowest BCUT2D eigenvalue weighted by molar-refractivity contribution is -0.136. The molecule has 0 aromatic heterocycles. The van der Waals surface area contributed by atoms with Crippen LogP contribution in [0, 0.1) is 0 Å². The molecule has 1 nitrogen and oxygen atoms in total. The fourth-order valence-electron chi connectivity index (χ4n) is 1.53. The van der Waals surface area contributed by atoms with Crippen molar-refractivity contribution in [2.45, 2.75) is 6.18 Å². The zero-order valence-corrected chi connectivity index (χ0v) is 7.51. The molecule has 0 aliphatic carbocycles. The van der Waals surface area contributed by atoms with E-state index in [0.29, 0.717) is 0 Å². The maximum absolute atomic E-state index is 12.5. The van der Waals surface area contributed by atoms with E-state index in [2.05, 4.69) is 0 Å². The fourth-order valence-corrected chi connectivity index (χ4v) is 1.53. The second-order valence-electron chi connectivity index (χ2n) is 3.15. The number of hydrogen-bond donors (Lipinski definition) is 0. The first-order chi connectivity index (χ1) is 7.00. The molecule has 77 valence electrons. The average Bonchev–Trinajstić information content (AvgIpc) is 2.16. The van der Waals surface area contributed by atoms with Crippen molar-refractivity contribution < 1.29 is 18.3 Å². The van der Waals surface area contributed by atoms with E-state index in [1.54, 1.807) is 0 Å². The molecule has 1 radical (unpaired) electrons. The molecule has 0 bridgehead atoms. The van der Waals surface area contributed by atoms with Crippen molar-refractivity contribution in [1.29, 1.82) is 0 Å². The van der Waals surface area contributed by atoms with Gasteiger partial charge in [-0.1, -0.05) is 24.3 Å². The molecule has 15 heavy (non-hydrogen) atoms. The normalized spacial score (nSPS) is 11.9. The minimum absolute atomic E-state index is 0.0440. The van der Waals surface area contributed by atoms with E-state index in [0.717, 1.165) is 6.07 Å². The maximum Gasteiger partial charge on any atom is 0.417 e. The van der Waals surface area contributed by atoms with E-state index in [4.69, 9.17) is 0 Å². The topological polar surface area (TPSA) is 19.9 Å². The molecule has 0 saturated carbocycles. The molecule has 0 aliphatic heterocycles. The Kier molecular flexibility index (Phi) is 2.07. The van der Waals surface area contributed by atoms with Crippen LogP contribution in [0.1, 0.15) is 5.56 Å². The first-order valence-corrected chi connectivity index (χ1v) is 4.26. The van der Waals surface area contributed by atoms with Gasteiger partial charge in [0.15, 0.2) is 5.75 Å². The number of alkyl halides is 3. The Hall–Kier alpha value is -1.71. The van der Waals surface area contributed by atoms with Gasteiger partial charge in [-0.05, 0) is 17.5 Å². The lowest BCUT2D eigenvalue weighted by Crippen LogP contribution is -2.05. The quantitative estimate of drug-likeness (QED) is 0.627. The third-order valence-electron chi connectivity index (χ3n) is 2.19. The third-order valence-corrected chi connectivity index (χ3v) is 2.19. The maximum atomic E-state index is 12.5. The first-order valence-electron chi connectivity index (χ1n) is 4.26. The van der Waals surface area contributed by atoms with Gasteiger partial charge in [-0.15, -0.1) is 0 Å². The molecule has 0 fully saturated rings. The van der Waals surface area contributed by atoms with Crippen LogP contribution >= 0.6 is 0 Å². The molecule has 0 saturated heterocycles. The summed E-state index contributed by atoms with van der Waals surface area (Å²) in [6.45, 7) is 0. The summed E-state index contributed by atoms with van der Waals surface area (Å²) in [6, 6.07) is 7.50. The Bertz CT molecular complexity index is 503. The summed E-state index contributed by atoms with van der Waals surface area (Å²) in [5.41, 5.74) is -0.766. The summed E-state index contributed by atoms with van der Waals surface area (Å²) < 4.78 is 37.6. The lowest BCUT2D eigenvalue weighted by atomic mass is 10.0. The van der Waals surface area contributed by atoms with Gasteiger partial charge in [-0.2, -0.15) is 13.2 Å². The molecule has 0 amide bonds. The summed E-state index contributed by atoms with van der Waals surface area (Å²) in [4.78, 5) is 0. The molecular formula is C11H6F3O. The van der Waals surface area contributed by atoms with Crippen molar-refractivity contribution in [1.82, 2.24) is 0 Å². The first kappa shape index (κ1) is 9.83. The molecule has 0 atom stereocenters. The highest BCUT2D eigenvalue weighted by atomic mass is 19.4. The smallest absolute Gasteiger partial charge is 0.289 e. The zero-order chi connectivity index (χ0) is 11.1. The van der Waals surface area contributed by atoms with E-state index < -0.39 is 17.5 Å². The summed E-state index contributed by atoms with van der Waals surface area (Å²) in [5, 5.41) is 11.4. The van der Waals surface area contributed by atoms with Gasteiger partial charge < -0.3 is 0 Å². The van der Waals surface area contributed by atoms with Crippen molar-refractivity contribution in [2.24, 2.45) is 0 Å². The molecule has 2 rings (SSSR count). The van der Waals surface area contributed by atoms with Crippen LogP contribution in [0.15, 0.2) is 36.4 Å². The summed E-state index contributed by atoms with van der Waals surface area (Å²) >= 11 is 0. The van der Waals surface area contributed by atoms with E-state index >= 15 is 0 Å². The summed E-state index contributed by atoms with van der Waals surface area (Å²) in [7, 11) is 0. The minimum Gasteiger partial charge on any atom is -0.289 e. The number of halogens is 3. The van der Waals surface area contributed by atoms with Crippen molar-refractivity contribution in [3.8, 4) is 5.75 Å². The van der Waals surface area contributed by atoms with E-state index in [1.165, 1.54) is 30.3 Å². The molecule has 0 unspecified atom stereocenters. The van der Waals surface area contributed by atoms with Crippen LogP contribution in [-0.2, 0) is 11.3 Å². The Morgan fingerprint density at radius 2 is 1.47 bits per heavy atom. The van der Waals surface area contributed by atoms with Gasteiger partial charge in [0, 0.05) is 5.39 Å². The average molecular weight is 211 g/mol. The van der Waals surface area contributed by atoms with E-state index in [1.807, 2.05) is 0 Å². The highest BCUT2D eigenvalue weighted by Gasteiger charge is 2.32. The molecule has 2 aromatic rings. The van der Waals surface area contributed by atoms with Gasteiger partial charge in [0.05, 0.1) is 5.56 Å². The van der Waals surface area contributed by atoms with Crippen molar-refractivity contribution in [2.75, 3.05) is 0 Å². The number of fused-ring (bicyclic) bond motifs is 1. The Balaban J connectivity index is 2.83. The van der Waals surface area contributed by atoms with Crippen LogP contribution in [0.2, 0.25) is 0 Å². The van der Waals surface area contributed by atoms with Crippen LogP contribution in [0.3, 0.4) is 0 Å². The molecule has 0 spiro atoms. The number of hydrogen-bond acceptors (Lipinski definition) is 0. The molecule has 4 heteroatoms. The summed E-state index contributed by atoms with van der Waals surface area (Å²) in [6.07, 6.45) is -4.42. The summed E-state index contributed by atoms with van der Waals surface area (Å²) in [5.74, 6) is -0.390. The second kappa shape index (κ2) is 3.15. The van der Waals surface area contributed by atoms with Crippen LogP contribution < -0.4 is 0 Å². The largest absolute Gasteiger partial charge is 0.417 e. The zero-order valence-electron chi connectivity index (χ0n) is 7.51. The SMILES string of the molecule is [O]c1cccc2c(C(F)(F)F)cccc12. The predicted molar refractivity (Wildman–Crippen MR) is 49.1 cm³/mol. The van der Waals surface area contributed by atoms with Crippen LogP contribution in [0.5, 0.6) is 5.75 Å². The Labute approximate surface area is 83.8 Å². The molecule has 0 aliphatic rings. The standard InChI is InChI=1S/C11H6F3O/c12-11(13,14)9-5-1-4-8-7(9)3-2-6-10(8)15/h1-6H. The van der Waals surface area contributed by atoms with Gasteiger partial charge in [-0.25, -0.2) is 0 Å². The van der Waals surface area contributed by atoms with Crippen molar-refractivity contribution >= 4 is 10.8 Å². The monoisotopic (exact) mass is 211 g/mol. The van der Waals surface area contributed by atoms with Gasteiger partial charge in [0.2, 0.25) is 0 Å². The Morgan fingerprint density at radius 1 is 0.867 bits per heavy atom. The number of benzene rings is 2. The van der Waals surface area contributed by atoms with Crippen molar-refractivity contribution in [3.63, 3.8) is 0 Å². The van der Waals surface area contributed by atoms with Gasteiger partial charge in [0.1, 0.15) is 0 Å².